The van der Waals surface area contributed by atoms with Crippen molar-refractivity contribution >= 4 is 0 Å². The zero-order chi connectivity index (χ0) is 6.69. The summed E-state index contributed by atoms with van der Waals surface area (Å²) in [7, 11) is 0. The summed E-state index contributed by atoms with van der Waals surface area (Å²) in [6.07, 6.45) is 2.78. The SMILES string of the molecule is CC1CCNCC(C)C1. The quantitative estimate of drug-likeness (QED) is 0.521. The molecular weight excluding hydrogens is 110 g/mol. The number of hydrogen-bond acceptors (Lipinski definition) is 1. The highest BCUT2D eigenvalue weighted by Gasteiger charge is 2.11. The van der Waals surface area contributed by atoms with Gasteiger partial charge in [-0.2, -0.15) is 0 Å². The largest absolute Gasteiger partial charge is 0.316 e. The van der Waals surface area contributed by atoms with Crippen LogP contribution in [0.1, 0.15) is 26.7 Å². The van der Waals surface area contributed by atoms with E-state index in [2.05, 4.69) is 19.2 Å². The number of rotatable bonds is 0. The lowest BCUT2D eigenvalue weighted by Gasteiger charge is -2.09. The van der Waals surface area contributed by atoms with Gasteiger partial charge in [0.1, 0.15) is 0 Å². The molecule has 2 unspecified atom stereocenters. The molecule has 54 valence electrons. The Morgan fingerprint density at radius 1 is 1.22 bits per heavy atom. The molecule has 0 aromatic carbocycles. The first-order valence-corrected chi connectivity index (χ1v) is 3.99. The summed E-state index contributed by atoms with van der Waals surface area (Å²) in [5.74, 6) is 1.83. The first kappa shape index (κ1) is 7.07. The van der Waals surface area contributed by atoms with Crippen molar-refractivity contribution in [2.24, 2.45) is 11.8 Å². The third kappa shape index (κ3) is 2.35. The molecule has 1 nitrogen and oxygen atoms in total. The van der Waals surface area contributed by atoms with Crippen LogP contribution in [0, 0.1) is 11.8 Å². The highest BCUT2D eigenvalue weighted by atomic mass is 14.9. The second kappa shape index (κ2) is 3.21. The van der Waals surface area contributed by atoms with Crippen molar-refractivity contribution in [3.8, 4) is 0 Å². The lowest BCUT2D eigenvalue weighted by molar-refractivity contribution is 0.440. The summed E-state index contributed by atoms with van der Waals surface area (Å²) in [4.78, 5) is 0. The van der Waals surface area contributed by atoms with Crippen LogP contribution in [-0.4, -0.2) is 13.1 Å². The van der Waals surface area contributed by atoms with E-state index in [9.17, 15) is 0 Å². The average molecular weight is 127 g/mol. The average Bonchev–Trinajstić information content (AvgIpc) is 1.93. The summed E-state index contributed by atoms with van der Waals surface area (Å²) in [6, 6.07) is 0. The minimum atomic E-state index is 0.891. The fourth-order valence-electron chi connectivity index (χ4n) is 1.58. The minimum absolute atomic E-state index is 0.891. The molecule has 2 atom stereocenters. The molecule has 1 saturated heterocycles. The molecule has 1 N–H and O–H groups in total. The summed E-state index contributed by atoms with van der Waals surface area (Å²) in [5.41, 5.74) is 0. The zero-order valence-corrected chi connectivity index (χ0v) is 6.48. The van der Waals surface area contributed by atoms with E-state index in [1.807, 2.05) is 0 Å². The van der Waals surface area contributed by atoms with Gasteiger partial charge in [0.2, 0.25) is 0 Å². The van der Waals surface area contributed by atoms with Crippen molar-refractivity contribution < 1.29 is 0 Å². The lowest BCUT2D eigenvalue weighted by atomic mass is 9.97. The minimum Gasteiger partial charge on any atom is -0.316 e. The molecule has 0 aliphatic carbocycles. The second-order valence-electron chi connectivity index (χ2n) is 3.44. The Kier molecular flexibility index (Phi) is 2.52. The fourth-order valence-corrected chi connectivity index (χ4v) is 1.58. The zero-order valence-electron chi connectivity index (χ0n) is 6.48. The van der Waals surface area contributed by atoms with E-state index in [1.54, 1.807) is 0 Å². The molecule has 1 fully saturated rings. The fraction of sp³-hybridized carbons (Fsp3) is 1.00. The van der Waals surface area contributed by atoms with Crippen LogP contribution in [-0.2, 0) is 0 Å². The molecular formula is C8H17N. The third-order valence-electron chi connectivity index (χ3n) is 2.11. The van der Waals surface area contributed by atoms with Gasteiger partial charge in [-0.3, -0.25) is 0 Å². The molecule has 0 bridgehead atoms. The van der Waals surface area contributed by atoms with Crippen molar-refractivity contribution in [2.75, 3.05) is 13.1 Å². The predicted molar refractivity (Wildman–Crippen MR) is 40.4 cm³/mol. The molecule has 1 aliphatic heterocycles. The monoisotopic (exact) mass is 127 g/mol. The van der Waals surface area contributed by atoms with E-state index in [0.717, 1.165) is 11.8 Å². The highest BCUT2D eigenvalue weighted by Crippen LogP contribution is 2.16. The van der Waals surface area contributed by atoms with E-state index in [-0.39, 0.29) is 0 Å². The van der Waals surface area contributed by atoms with Gasteiger partial charge in [0, 0.05) is 0 Å². The van der Waals surface area contributed by atoms with Crippen LogP contribution in [0.5, 0.6) is 0 Å². The smallest absolute Gasteiger partial charge is 0.00231 e. The number of hydrogen-bond donors (Lipinski definition) is 1. The summed E-state index contributed by atoms with van der Waals surface area (Å²) < 4.78 is 0. The van der Waals surface area contributed by atoms with Gasteiger partial charge in [-0.05, 0) is 37.8 Å². The van der Waals surface area contributed by atoms with Crippen molar-refractivity contribution in [2.45, 2.75) is 26.7 Å². The Balaban J connectivity index is 2.29. The maximum atomic E-state index is 3.43. The van der Waals surface area contributed by atoms with Crippen LogP contribution in [0.2, 0.25) is 0 Å². The van der Waals surface area contributed by atoms with Gasteiger partial charge in [0.15, 0.2) is 0 Å². The third-order valence-corrected chi connectivity index (χ3v) is 2.11. The molecule has 0 saturated carbocycles. The van der Waals surface area contributed by atoms with Crippen LogP contribution in [0.15, 0.2) is 0 Å². The summed E-state index contributed by atoms with van der Waals surface area (Å²) in [6.45, 7) is 7.13. The normalized spacial score (nSPS) is 38.0. The Bertz CT molecular complexity index is 70.6. The van der Waals surface area contributed by atoms with Gasteiger partial charge in [-0.25, -0.2) is 0 Å². The molecule has 0 spiro atoms. The molecule has 0 radical (unpaired) electrons. The van der Waals surface area contributed by atoms with E-state index in [4.69, 9.17) is 0 Å². The van der Waals surface area contributed by atoms with Crippen LogP contribution in [0.4, 0.5) is 0 Å². The maximum absolute atomic E-state index is 3.43. The molecule has 1 rings (SSSR count). The van der Waals surface area contributed by atoms with Gasteiger partial charge >= 0.3 is 0 Å². The van der Waals surface area contributed by atoms with Gasteiger partial charge in [-0.15, -0.1) is 0 Å². The Morgan fingerprint density at radius 2 is 2.00 bits per heavy atom. The highest BCUT2D eigenvalue weighted by molar-refractivity contribution is 4.67. The maximum Gasteiger partial charge on any atom is -0.00231 e. The van der Waals surface area contributed by atoms with Crippen LogP contribution < -0.4 is 5.32 Å². The van der Waals surface area contributed by atoms with Crippen LogP contribution in [0.25, 0.3) is 0 Å². The molecule has 0 aromatic rings. The van der Waals surface area contributed by atoms with E-state index < -0.39 is 0 Å². The van der Waals surface area contributed by atoms with Gasteiger partial charge in [0.05, 0.1) is 0 Å². The number of nitrogens with one attached hydrogen (secondary N) is 1. The van der Waals surface area contributed by atoms with Gasteiger partial charge < -0.3 is 5.32 Å². The first-order chi connectivity index (χ1) is 4.29. The van der Waals surface area contributed by atoms with Gasteiger partial charge in [-0.1, -0.05) is 13.8 Å². The second-order valence-corrected chi connectivity index (χ2v) is 3.44. The standard InChI is InChI=1S/C8H17N/c1-7-3-4-9-6-8(2)5-7/h7-9H,3-6H2,1-2H3. The van der Waals surface area contributed by atoms with E-state index in [0.29, 0.717) is 0 Å². The Labute approximate surface area is 57.8 Å². The van der Waals surface area contributed by atoms with Crippen molar-refractivity contribution in [1.29, 1.82) is 0 Å². The lowest BCUT2D eigenvalue weighted by Crippen LogP contribution is -2.18. The molecule has 1 aliphatic rings. The molecule has 0 amide bonds. The Hall–Kier alpha value is -0.0400. The first-order valence-electron chi connectivity index (χ1n) is 3.99. The van der Waals surface area contributed by atoms with E-state index >= 15 is 0 Å². The Morgan fingerprint density at radius 3 is 2.78 bits per heavy atom. The van der Waals surface area contributed by atoms with Crippen LogP contribution in [0.3, 0.4) is 0 Å². The van der Waals surface area contributed by atoms with Gasteiger partial charge in [0.25, 0.3) is 0 Å². The topological polar surface area (TPSA) is 12.0 Å². The van der Waals surface area contributed by atoms with Crippen molar-refractivity contribution in [3.05, 3.63) is 0 Å². The van der Waals surface area contributed by atoms with E-state index in [1.165, 1.54) is 25.9 Å². The summed E-state index contributed by atoms with van der Waals surface area (Å²) >= 11 is 0. The molecule has 9 heavy (non-hydrogen) atoms. The molecule has 1 heterocycles. The molecule has 1 heteroatoms. The summed E-state index contributed by atoms with van der Waals surface area (Å²) in [5, 5.41) is 3.43. The van der Waals surface area contributed by atoms with Crippen LogP contribution >= 0.6 is 0 Å². The molecule has 0 aromatic heterocycles. The van der Waals surface area contributed by atoms with Crippen molar-refractivity contribution in [3.63, 3.8) is 0 Å². The van der Waals surface area contributed by atoms with Crippen molar-refractivity contribution in [1.82, 2.24) is 5.32 Å². The predicted octanol–water partition coefficient (Wildman–Crippen LogP) is 1.64.